The Kier molecular flexibility index (Phi) is 4.12. The zero-order chi connectivity index (χ0) is 15.6. The first kappa shape index (κ1) is 14.8. The zero-order valence-electron chi connectivity index (χ0n) is 11.6. The molecule has 1 heterocycles. The summed E-state index contributed by atoms with van der Waals surface area (Å²) in [6.45, 7) is 3.57. The molecule has 104 valence electrons. The van der Waals surface area contributed by atoms with Gasteiger partial charge in [0, 0.05) is 17.1 Å². The summed E-state index contributed by atoms with van der Waals surface area (Å²) in [4.78, 5) is 12.0. The molecule has 0 atom stereocenters. The molecule has 2 rings (SSSR count). The maximum atomic E-state index is 12.0. The molecule has 0 saturated carbocycles. The molecule has 21 heavy (non-hydrogen) atoms. The molecular weight excluding hydrogens is 286 g/mol. The Morgan fingerprint density at radius 2 is 1.76 bits per heavy atom. The number of rotatable bonds is 3. The van der Waals surface area contributed by atoms with Gasteiger partial charge in [-0.25, -0.2) is 0 Å². The van der Waals surface area contributed by atoms with E-state index >= 15 is 0 Å². The minimum atomic E-state index is -0.263. The predicted octanol–water partition coefficient (Wildman–Crippen LogP) is 3.26. The molecule has 0 aliphatic heterocycles. The van der Waals surface area contributed by atoms with E-state index in [9.17, 15) is 10.1 Å². The van der Waals surface area contributed by atoms with Crippen molar-refractivity contribution in [3.05, 3.63) is 52.3 Å². The van der Waals surface area contributed by atoms with Crippen LogP contribution >= 0.6 is 11.6 Å². The zero-order valence-corrected chi connectivity index (χ0v) is 12.4. The Balaban J connectivity index is 2.70. The van der Waals surface area contributed by atoms with Crippen LogP contribution in [0.5, 0.6) is 0 Å². The van der Waals surface area contributed by atoms with Crippen LogP contribution in [0.2, 0.25) is 0 Å². The van der Waals surface area contributed by atoms with Crippen molar-refractivity contribution in [1.29, 1.82) is 10.5 Å². The smallest absolute Gasteiger partial charge is 0.180 e. The molecule has 0 aliphatic rings. The van der Waals surface area contributed by atoms with Crippen LogP contribution in [0.25, 0.3) is 5.69 Å². The second-order valence-corrected chi connectivity index (χ2v) is 4.85. The molecule has 0 aliphatic carbocycles. The van der Waals surface area contributed by atoms with E-state index in [4.69, 9.17) is 16.9 Å². The summed E-state index contributed by atoms with van der Waals surface area (Å²) in [7, 11) is 0. The second-order valence-electron chi connectivity index (χ2n) is 4.58. The Hall–Kier alpha value is -2.56. The van der Waals surface area contributed by atoms with Crippen LogP contribution in [0.15, 0.2) is 24.3 Å². The van der Waals surface area contributed by atoms with Crippen LogP contribution in [-0.2, 0) is 0 Å². The third-order valence-electron chi connectivity index (χ3n) is 3.41. The minimum absolute atomic E-state index is 0.160. The van der Waals surface area contributed by atoms with Gasteiger partial charge in [-0.05, 0) is 38.1 Å². The maximum Gasteiger partial charge on any atom is 0.180 e. The van der Waals surface area contributed by atoms with Gasteiger partial charge in [-0.2, -0.15) is 10.5 Å². The lowest BCUT2D eigenvalue weighted by atomic mass is 10.1. The molecule has 0 amide bonds. The van der Waals surface area contributed by atoms with E-state index in [0.717, 1.165) is 5.69 Å². The first-order valence-electron chi connectivity index (χ1n) is 6.26. The first-order chi connectivity index (χ1) is 10.0. The number of hydrogen-bond donors (Lipinski definition) is 0. The highest BCUT2D eigenvalue weighted by molar-refractivity contribution is 6.31. The number of aromatic nitrogens is 1. The number of alkyl halides is 1. The van der Waals surface area contributed by atoms with Crippen LogP contribution in [0, 0.1) is 36.5 Å². The maximum absolute atomic E-state index is 12.0. The molecular formula is C16H12ClN3O. The first-order valence-corrected chi connectivity index (χ1v) is 6.80. The molecule has 2 aromatic rings. The Morgan fingerprint density at radius 1 is 1.14 bits per heavy atom. The van der Waals surface area contributed by atoms with Crippen LogP contribution < -0.4 is 0 Å². The fourth-order valence-electron chi connectivity index (χ4n) is 2.45. The van der Waals surface area contributed by atoms with Crippen LogP contribution in [0.4, 0.5) is 0 Å². The fourth-order valence-corrected chi connectivity index (χ4v) is 2.59. The number of carbonyl (C=O) groups is 1. The van der Waals surface area contributed by atoms with E-state index in [-0.39, 0.29) is 11.7 Å². The molecule has 0 unspecified atom stereocenters. The van der Waals surface area contributed by atoms with E-state index < -0.39 is 0 Å². The van der Waals surface area contributed by atoms with Gasteiger partial charge in [0.1, 0.15) is 6.07 Å². The number of benzene rings is 1. The summed E-state index contributed by atoms with van der Waals surface area (Å²) in [5.74, 6) is -0.423. The normalized spacial score (nSPS) is 9.95. The average Bonchev–Trinajstić information content (AvgIpc) is 2.77. The molecule has 1 aromatic carbocycles. The summed E-state index contributed by atoms with van der Waals surface area (Å²) < 4.78 is 1.83. The quantitative estimate of drug-likeness (QED) is 0.645. The Morgan fingerprint density at radius 3 is 2.24 bits per heavy atom. The van der Waals surface area contributed by atoms with Gasteiger partial charge in [-0.15, -0.1) is 11.6 Å². The molecule has 4 nitrogen and oxygen atoms in total. The molecule has 0 spiro atoms. The van der Waals surface area contributed by atoms with E-state index in [1.54, 1.807) is 38.1 Å². The van der Waals surface area contributed by atoms with Crippen molar-refractivity contribution in [2.45, 2.75) is 13.8 Å². The number of nitriles is 2. The Bertz CT molecular complexity index is 789. The van der Waals surface area contributed by atoms with Crippen LogP contribution in [0.1, 0.15) is 32.9 Å². The molecule has 0 radical (unpaired) electrons. The van der Waals surface area contributed by atoms with Crippen molar-refractivity contribution >= 4 is 17.4 Å². The molecule has 0 N–H and O–H groups in total. The number of ketones is 1. The lowest BCUT2D eigenvalue weighted by Gasteiger charge is -2.09. The predicted molar refractivity (Wildman–Crippen MR) is 79.7 cm³/mol. The lowest BCUT2D eigenvalue weighted by molar-refractivity contribution is 0.102. The summed E-state index contributed by atoms with van der Waals surface area (Å²) in [6, 6.07) is 11.1. The average molecular weight is 298 g/mol. The van der Waals surface area contributed by atoms with E-state index in [1.165, 1.54) is 0 Å². The van der Waals surface area contributed by atoms with Gasteiger partial charge >= 0.3 is 0 Å². The third-order valence-corrected chi connectivity index (χ3v) is 3.65. The van der Waals surface area contributed by atoms with Gasteiger partial charge in [-0.3, -0.25) is 4.79 Å². The second kappa shape index (κ2) is 5.83. The van der Waals surface area contributed by atoms with Crippen molar-refractivity contribution in [2.75, 3.05) is 5.88 Å². The highest BCUT2D eigenvalue weighted by atomic mass is 35.5. The van der Waals surface area contributed by atoms with Crippen molar-refractivity contribution < 1.29 is 4.79 Å². The van der Waals surface area contributed by atoms with Gasteiger partial charge in [-0.1, -0.05) is 0 Å². The molecule has 5 heteroatoms. The van der Waals surface area contributed by atoms with E-state index in [1.807, 2.05) is 4.57 Å². The Labute approximate surface area is 127 Å². The number of carbonyl (C=O) groups excluding carboxylic acids is 1. The summed E-state index contributed by atoms with van der Waals surface area (Å²) in [5, 5.41) is 18.1. The molecule has 1 aromatic heterocycles. The SMILES string of the molecule is Cc1c(C#N)c(C(=O)CCl)c(C)n1-c1ccc(C#N)cc1. The number of nitrogens with zero attached hydrogens (tertiary/aromatic N) is 3. The topological polar surface area (TPSA) is 69.6 Å². The number of hydrogen-bond acceptors (Lipinski definition) is 3. The summed E-state index contributed by atoms with van der Waals surface area (Å²) in [5.41, 5.74) is 3.44. The van der Waals surface area contributed by atoms with Gasteiger partial charge in [0.2, 0.25) is 0 Å². The largest absolute Gasteiger partial charge is 0.316 e. The highest BCUT2D eigenvalue weighted by Crippen LogP contribution is 2.26. The molecule has 0 saturated heterocycles. The van der Waals surface area contributed by atoms with Crippen molar-refractivity contribution in [1.82, 2.24) is 4.57 Å². The summed E-state index contributed by atoms with van der Waals surface area (Å²) >= 11 is 5.63. The lowest BCUT2D eigenvalue weighted by Crippen LogP contribution is -2.05. The molecule has 0 fully saturated rings. The molecule has 0 bridgehead atoms. The fraction of sp³-hybridized carbons (Fsp3) is 0.188. The minimum Gasteiger partial charge on any atom is -0.316 e. The van der Waals surface area contributed by atoms with Gasteiger partial charge < -0.3 is 4.57 Å². The van der Waals surface area contributed by atoms with Gasteiger partial charge in [0.05, 0.1) is 28.6 Å². The standard InChI is InChI=1S/C16H12ClN3O/c1-10-14(9-19)16(15(21)7-17)11(2)20(10)13-5-3-12(8-18)4-6-13/h3-6H,7H2,1-2H3. The van der Waals surface area contributed by atoms with Crippen LogP contribution in [0.3, 0.4) is 0 Å². The number of halogens is 1. The van der Waals surface area contributed by atoms with E-state index in [0.29, 0.717) is 28.1 Å². The summed E-state index contributed by atoms with van der Waals surface area (Å²) in [6.07, 6.45) is 0. The van der Waals surface area contributed by atoms with Gasteiger partial charge in [0.15, 0.2) is 5.78 Å². The van der Waals surface area contributed by atoms with E-state index in [2.05, 4.69) is 12.1 Å². The van der Waals surface area contributed by atoms with Crippen molar-refractivity contribution in [3.8, 4) is 17.8 Å². The monoisotopic (exact) mass is 297 g/mol. The van der Waals surface area contributed by atoms with Crippen LogP contribution in [-0.4, -0.2) is 16.2 Å². The van der Waals surface area contributed by atoms with Crippen molar-refractivity contribution in [3.63, 3.8) is 0 Å². The van der Waals surface area contributed by atoms with Crippen molar-refractivity contribution in [2.24, 2.45) is 0 Å². The van der Waals surface area contributed by atoms with Gasteiger partial charge in [0.25, 0.3) is 0 Å². The highest BCUT2D eigenvalue weighted by Gasteiger charge is 2.23. The number of Topliss-reactive ketones (excluding diaryl/α,β-unsaturated/α-hetero) is 1. The third kappa shape index (κ3) is 2.42.